The SMILES string of the molecule is CC(C)c1ccc(OC(C)(C)c2ccc(O)cc2)cc1. The van der Waals surface area contributed by atoms with Crippen LogP contribution in [-0.2, 0) is 5.60 Å². The first-order chi connectivity index (χ1) is 9.38. The van der Waals surface area contributed by atoms with E-state index < -0.39 is 5.60 Å². The highest BCUT2D eigenvalue weighted by Gasteiger charge is 2.22. The molecule has 1 N–H and O–H groups in total. The zero-order chi connectivity index (χ0) is 14.8. The van der Waals surface area contributed by atoms with Gasteiger partial charge >= 0.3 is 0 Å². The van der Waals surface area contributed by atoms with Crippen molar-refractivity contribution in [1.82, 2.24) is 0 Å². The van der Waals surface area contributed by atoms with Crippen LogP contribution in [0.4, 0.5) is 0 Å². The summed E-state index contributed by atoms with van der Waals surface area (Å²) in [5, 5.41) is 9.35. The van der Waals surface area contributed by atoms with Crippen LogP contribution in [0.3, 0.4) is 0 Å². The molecule has 0 aliphatic heterocycles. The van der Waals surface area contributed by atoms with Crippen LogP contribution < -0.4 is 4.74 Å². The highest BCUT2D eigenvalue weighted by molar-refractivity contribution is 5.33. The highest BCUT2D eigenvalue weighted by Crippen LogP contribution is 2.29. The van der Waals surface area contributed by atoms with Crippen LogP contribution in [0, 0.1) is 0 Å². The Labute approximate surface area is 121 Å². The van der Waals surface area contributed by atoms with Gasteiger partial charge in [-0.2, -0.15) is 0 Å². The van der Waals surface area contributed by atoms with Gasteiger partial charge in [-0.25, -0.2) is 0 Å². The van der Waals surface area contributed by atoms with E-state index in [4.69, 9.17) is 4.74 Å². The van der Waals surface area contributed by atoms with Gasteiger partial charge in [0.25, 0.3) is 0 Å². The molecule has 0 radical (unpaired) electrons. The van der Waals surface area contributed by atoms with Crippen LogP contribution in [0.5, 0.6) is 11.5 Å². The van der Waals surface area contributed by atoms with Gasteiger partial charge in [-0.3, -0.25) is 0 Å². The van der Waals surface area contributed by atoms with E-state index in [0.717, 1.165) is 11.3 Å². The molecule has 0 fully saturated rings. The Morgan fingerprint density at radius 3 is 1.95 bits per heavy atom. The van der Waals surface area contributed by atoms with Gasteiger partial charge in [-0.15, -0.1) is 0 Å². The van der Waals surface area contributed by atoms with Crippen molar-refractivity contribution < 1.29 is 9.84 Å². The minimum atomic E-state index is -0.437. The summed E-state index contributed by atoms with van der Waals surface area (Å²) in [6, 6.07) is 15.4. The third-order valence-corrected chi connectivity index (χ3v) is 3.48. The summed E-state index contributed by atoms with van der Waals surface area (Å²) in [4.78, 5) is 0. The quantitative estimate of drug-likeness (QED) is 0.862. The molecule has 0 atom stereocenters. The van der Waals surface area contributed by atoms with Gasteiger partial charge in [0.15, 0.2) is 0 Å². The first-order valence-corrected chi connectivity index (χ1v) is 6.97. The third kappa shape index (κ3) is 3.32. The van der Waals surface area contributed by atoms with E-state index in [0.29, 0.717) is 5.92 Å². The molecular weight excluding hydrogens is 248 g/mol. The summed E-state index contributed by atoms with van der Waals surface area (Å²) in [5.74, 6) is 1.65. The van der Waals surface area contributed by atoms with Crippen LogP contribution in [-0.4, -0.2) is 5.11 Å². The van der Waals surface area contributed by atoms with Gasteiger partial charge in [-0.05, 0) is 55.2 Å². The Kier molecular flexibility index (Phi) is 4.03. The van der Waals surface area contributed by atoms with Gasteiger partial charge in [0.05, 0.1) is 0 Å². The second kappa shape index (κ2) is 5.58. The molecule has 0 amide bonds. The van der Waals surface area contributed by atoms with Crippen molar-refractivity contribution in [3.05, 3.63) is 59.7 Å². The molecule has 20 heavy (non-hydrogen) atoms. The highest BCUT2D eigenvalue weighted by atomic mass is 16.5. The lowest BCUT2D eigenvalue weighted by molar-refractivity contribution is 0.109. The van der Waals surface area contributed by atoms with Crippen molar-refractivity contribution in [2.24, 2.45) is 0 Å². The molecule has 0 bridgehead atoms. The number of phenols is 1. The number of phenolic OH excluding ortho intramolecular Hbond substituents is 1. The standard InChI is InChI=1S/C18H22O2/c1-13(2)14-5-11-17(12-6-14)20-18(3,4)15-7-9-16(19)10-8-15/h5-13,19H,1-4H3. The van der Waals surface area contributed by atoms with E-state index in [1.165, 1.54) is 5.56 Å². The average Bonchev–Trinajstić information content (AvgIpc) is 2.39. The maximum atomic E-state index is 9.35. The summed E-state index contributed by atoms with van der Waals surface area (Å²) in [5.41, 5.74) is 1.90. The fourth-order valence-corrected chi connectivity index (χ4v) is 2.14. The van der Waals surface area contributed by atoms with Crippen LogP contribution in [0.2, 0.25) is 0 Å². The summed E-state index contributed by atoms with van der Waals surface area (Å²) in [6.07, 6.45) is 0. The topological polar surface area (TPSA) is 29.5 Å². The smallest absolute Gasteiger partial charge is 0.128 e. The molecule has 2 rings (SSSR count). The Hall–Kier alpha value is -1.96. The molecule has 0 saturated carbocycles. The number of aromatic hydroxyl groups is 1. The molecule has 2 nitrogen and oxygen atoms in total. The molecule has 0 unspecified atom stereocenters. The zero-order valence-electron chi connectivity index (χ0n) is 12.6. The predicted molar refractivity (Wildman–Crippen MR) is 82.3 cm³/mol. The van der Waals surface area contributed by atoms with E-state index >= 15 is 0 Å². The third-order valence-electron chi connectivity index (χ3n) is 3.48. The van der Waals surface area contributed by atoms with Crippen molar-refractivity contribution in [1.29, 1.82) is 0 Å². The molecule has 0 spiro atoms. The van der Waals surface area contributed by atoms with Crippen molar-refractivity contribution in [3.63, 3.8) is 0 Å². The van der Waals surface area contributed by atoms with E-state index in [2.05, 4.69) is 26.0 Å². The van der Waals surface area contributed by atoms with Gasteiger partial charge in [-0.1, -0.05) is 38.1 Å². The molecule has 0 saturated heterocycles. The predicted octanol–water partition coefficient (Wildman–Crippen LogP) is 4.83. The van der Waals surface area contributed by atoms with Gasteiger partial charge < -0.3 is 9.84 Å². The van der Waals surface area contributed by atoms with Crippen molar-refractivity contribution in [2.45, 2.75) is 39.2 Å². The first kappa shape index (κ1) is 14.4. The lowest BCUT2D eigenvalue weighted by atomic mass is 9.97. The summed E-state index contributed by atoms with van der Waals surface area (Å²) < 4.78 is 6.08. The van der Waals surface area contributed by atoms with Crippen molar-refractivity contribution in [2.75, 3.05) is 0 Å². The summed E-state index contributed by atoms with van der Waals surface area (Å²) in [6.45, 7) is 8.40. The largest absolute Gasteiger partial charge is 0.508 e. The minimum Gasteiger partial charge on any atom is -0.508 e. The molecule has 2 aromatic rings. The van der Waals surface area contributed by atoms with Gasteiger partial charge in [0.2, 0.25) is 0 Å². The van der Waals surface area contributed by atoms with Crippen LogP contribution >= 0.6 is 0 Å². The Morgan fingerprint density at radius 1 is 0.900 bits per heavy atom. The molecule has 0 aliphatic carbocycles. The number of hydrogen-bond donors (Lipinski definition) is 1. The lowest BCUT2D eigenvalue weighted by Gasteiger charge is -2.27. The molecule has 2 aromatic carbocycles. The molecule has 0 heterocycles. The van der Waals surface area contributed by atoms with Crippen LogP contribution in [0.25, 0.3) is 0 Å². The molecule has 2 heteroatoms. The fourth-order valence-electron chi connectivity index (χ4n) is 2.14. The zero-order valence-corrected chi connectivity index (χ0v) is 12.6. The number of hydrogen-bond acceptors (Lipinski definition) is 2. The lowest BCUT2D eigenvalue weighted by Crippen LogP contribution is -2.25. The number of rotatable bonds is 4. The van der Waals surface area contributed by atoms with Crippen molar-refractivity contribution >= 4 is 0 Å². The monoisotopic (exact) mass is 270 g/mol. The molecular formula is C18H22O2. The summed E-state index contributed by atoms with van der Waals surface area (Å²) >= 11 is 0. The second-order valence-electron chi connectivity index (χ2n) is 5.88. The van der Waals surface area contributed by atoms with E-state index in [9.17, 15) is 5.11 Å². The van der Waals surface area contributed by atoms with E-state index in [1.54, 1.807) is 12.1 Å². The number of benzene rings is 2. The molecule has 0 aliphatic rings. The molecule has 106 valence electrons. The average molecular weight is 270 g/mol. The normalized spacial score (nSPS) is 11.7. The Morgan fingerprint density at radius 2 is 1.45 bits per heavy atom. The molecule has 0 aromatic heterocycles. The minimum absolute atomic E-state index is 0.269. The summed E-state index contributed by atoms with van der Waals surface area (Å²) in [7, 11) is 0. The fraction of sp³-hybridized carbons (Fsp3) is 0.333. The Bertz CT molecular complexity index is 551. The number of ether oxygens (including phenoxy) is 1. The van der Waals surface area contributed by atoms with Crippen LogP contribution in [0.15, 0.2) is 48.5 Å². The van der Waals surface area contributed by atoms with E-state index in [1.807, 2.05) is 38.1 Å². The maximum absolute atomic E-state index is 9.35. The van der Waals surface area contributed by atoms with E-state index in [-0.39, 0.29) is 5.75 Å². The Balaban J connectivity index is 2.17. The van der Waals surface area contributed by atoms with Gasteiger partial charge in [0, 0.05) is 0 Å². The maximum Gasteiger partial charge on any atom is 0.128 e. The second-order valence-corrected chi connectivity index (χ2v) is 5.88. The van der Waals surface area contributed by atoms with Gasteiger partial charge in [0.1, 0.15) is 17.1 Å². The van der Waals surface area contributed by atoms with Crippen molar-refractivity contribution in [3.8, 4) is 11.5 Å². The van der Waals surface area contributed by atoms with Crippen LogP contribution in [0.1, 0.15) is 44.7 Å². The first-order valence-electron chi connectivity index (χ1n) is 6.97.